The summed E-state index contributed by atoms with van der Waals surface area (Å²) < 4.78 is 0. The van der Waals surface area contributed by atoms with E-state index in [1.807, 2.05) is 31.2 Å². The molecule has 0 aliphatic carbocycles. The summed E-state index contributed by atoms with van der Waals surface area (Å²) in [4.78, 5) is 12.3. The first-order chi connectivity index (χ1) is 11.2. The topological polar surface area (TPSA) is 52.9 Å². The Kier molecular flexibility index (Phi) is 4.07. The molecule has 0 unspecified atom stereocenters. The third kappa shape index (κ3) is 3.22. The van der Waals surface area contributed by atoms with Gasteiger partial charge in [-0.15, -0.1) is 0 Å². The Labute approximate surface area is 135 Å². The molecule has 0 heterocycles. The van der Waals surface area contributed by atoms with Gasteiger partial charge in [-0.2, -0.15) is 5.26 Å². The first-order valence-electron chi connectivity index (χ1n) is 7.47. The van der Waals surface area contributed by atoms with Gasteiger partial charge in [0.2, 0.25) is 0 Å². The van der Waals surface area contributed by atoms with Crippen LogP contribution in [0.1, 0.15) is 34.5 Å². The predicted octanol–water partition coefficient (Wildman–Crippen LogP) is 4.20. The normalized spacial score (nSPS) is 11.7. The third-order valence-electron chi connectivity index (χ3n) is 3.90. The number of fused-ring (bicyclic) bond motifs is 1. The Morgan fingerprint density at radius 2 is 1.70 bits per heavy atom. The number of carbonyl (C=O) groups excluding carboxylic acids is 1. The van der Waals surface area contributed by atoms with Crippen LogP contribution in [0.5, 0.6) is 0 Å². The zero-order chi connectivity index (χ0) is 16.2. The van der Waals surface area contributed by atoms with Crippen molar-refractivity contribution in [1.29, 1.82) is 5.26 Å². The van der Waals surface area contributed by atoms with Crippen LogP contribution in [-0.2, 0) is 0 Å². The van der Waals surface area contributed by atoms with Crippen molar-refractivity contribution in [3.05, 3.63) is 83.4 Å². The van der Waals surface area contributed by atoms with E-state index < -0.39 is 0 Å². The van der Waals surface area contributed by atoms with E-state index in [1.165, 1.54) is 5.39 Å². The van der Waals surface area contributed by atoms with Crippen LogP contribution < -0.4 is 5.32 Å². The number of rotatable bonds is 3. The number of hydrogen-bond donors (Lipinski definition) is 1. The van der Waals surface area contributed by atoms with Crippen molar-refractivity contribution in [2.45, 2.75) is 13.0 Å². The Balaban J connectivity index is 1.77. The first kappa shape index (κ1) is 14.8. The fourth-order valence-electron chi connectivity index (χ4n) is 2.54. The van der Waals surface area contributed by atoms with Crippen LogP contribution >= 0.6 is 0 Å². The molecule has 0 saturated carbocycles. The Bertz CT molecular complexity index is 891. The molecular formula is C20H16N2O. The van der Waals surface area contributed by atoms with Gasteiger partial charge in [0, 0.05) is 5.56 Å². The monoisotopic (exact) mass is 300 g/mol. The molecule has 3 heteroatoms. The van der Waals surface area contributed by atoms with E-state index in [9.17, 15) is 4.79 Å². The summed E-state index contributed by atoms with van der Waals surface area (Å²) in [5, 5.41) is 14.1. The first-order valence-corrected chi connectivity index (χ1v) is 7.47. The molecule has 3 rings (SSSR count). The van der Waals surface area contributed by atoms with Crippen LogP contribution in [0.2, 0.25) is 0 Å². The molecule has 0 aliphatic rings. The molecule has 3 nitrogen and oxygen atoms in total. The predicted molar refractivity (Wildman–Crippen MR) is 91.0 cm³/mol. The number of hydrogen-bond acceptors (Lipinski definition) is 2. The number of carbonyl (C=O) groups is 1. The maximum atomic E-state index is 12.3. The van der Waals surface area contributed by atoms with Gasteiger partial charge in [-0.25, -0.2) is 0 Å². The second-order valence-electron chi connectivity index (χ2n) is 5.49. The van der Waals surface area contributed by atoms with E-state index in [1.54, 1.807) is 24.3 Å². The number of nitriles is 1. The maximum absolute atomic E-state index is 12.3. The van der Waals surface area contributed by atoms with Crippen LogP contribution in [0.4, 0.5) is 0 Å². The zero-order valence-electron chi connectivity index (χ0n) is 12.8. The highest BCUT2D eigenvalue weighted by molar-refractivity contribution is 5.94. The summed E-state index contributed by atoms with van der Waals surface area (Å²) in [5.74, 6) is -0.143. The minimum atomic E-state index is -0.143. The summed E-state index contributed by atoms with van der Waals surface area (Å²) in [6.07, 6.45) is 0. The lowest BCUT2D eigenvalue weighted by Gasteiger charge is -2.15. The molecule has 23 heavy (non-hydrogen) atoms. The molecular weight excluding hydrogens is 284 g/mol. The van der Waals surface area contributed by atoms with Crippen molar-refractivity contribution in [2.24, 2.45) is 0 Å². The summed E-state index contributed by atoms with van der Waals surface area (Å²) in [5.41, 5.74) is 2.16. The van der Waals surface area contributed by atoms with Crippen LogP contribution in [0, 0.1) is 11.3 Å². The fraction of sp³-hybridized carbons (Fsp3) is 0.100. The Morgan fingerprint density at radius 1 is 1.00 bits per heavy atom. The van der Waals surface area contributed by atoms with E-state index >= 15 is 0 Å². The van der Waals surface area contributed by atoms with Crippen molar-refractivity contribution >= 4 is 16.7 Å². The van der Waals surface area contributed by atoms with Gasteiger partial charge in [-0.05, 0) is 53.6 Å². The number of amides is 1. The molecule has 0 radical (unpaired) electrons. The SMILES string of the molecule is C[C@@H](NC(=O)c1ccc(C#N)cc1)c1ccc2ccccc2c1. The lowest BCUT2D eigenvalue weighted by molar-refractivity contribution is 0.0940. The molecule has 1 atom stereocenters. The van der Waals surface area contributed by atoms with Crippen molar-refractivity contribution in [3.8, 4) is 6.07 Å². The zero-order valence-corrected chi connectivity index (χ0v) is 12.8. The van der Waals surface area contributed by atoms with E-state index in [4.69, 9.17) is 5.26 Å². The molecule has 0 fully saturated rings. The lowest BCUT2D eigenvalue weighted by Crippen LogP contribution is -2.26. The largest absolute Gasteiger partial charge is 0.346 e. The van der Waals surface area contributed by atoms with E-state index in [0.29, 0.717) is 11.1 Å². The highest BCUT2D eigenvalue weighted by Gasteiger charge is 2.11. The van der Waals surface area contributed by atoms with Crippen LogP contribution in [0.3, 0.4) is 0 Å². The number of nitrogens with one attached hydrogen (secondary N) is 1. The second kappa shape index (κ2) is 6.33. The van der Waals surface area contributed by atoms with E-state index in [-0.39, 0.29) is 11.9 Å². The van der Waals surface area contributed by atoms with Gasteiger partial charge in [-0.3, -0.25) is 4.79 Å². The molecule has 3 aromatic rings. The van der Waals surface area contributed by atoms with Gasteiger partial charge in [0.05, 0.1) is 17.7 Å². The molecule has 3 aromatic carbocycles. The standard InChI is InChI=1S/C20H16N2O/c1-14(18-11-10-16-4-2-3-5-19(16)12-18)22-20(23)17-8-6-15(13-21)7-9-17/h2-12,14H,1H3,(H,22,23)/t14-/m1/s1. The molecule has 0 bridgehead atoms. The van der Waals surface area contributed by atoms with Gasteiger partial charge in [-0.1, -0.05) is 36.4 Å². The molecule has 0 saturated heterocycles. The van der Waals surface area contributed by atoms with Crippen molar-refractivity contribution < 1.29 is 4.79 Å². The van der Waals surface area contributed by atoms with Gasteiger partial charge in [0.25, 0.3) is 5.91 Å². The summed E-state index contributed by atoms with van der Waals surface area (Å²) in [6.45, 7) is 1.96. The molecule has 0 spiro atoms. The lowest BCUT2D eigenvalue weighted by atomic mass is 10.0. The highest BCUT2D eigenvalue weighted by atomic mass is 16.1. The van der Waals surface area contributed by atoms with Gasteiger partial charge >= 0.3 is 0 Å². The van der Waals surface area contributed by atoms with E-state index in [0.717, 1.165) is 10.9 Å². The smallest absolute Gasteiger partial charge is 0.251 e. The second-order valence-corrected chi connectivity index (χ2v) is 5.49. The van der Waals surface area contributed by atoms with E-state index in [2.05, 4.69) is 29.6 Å². The minimum Gasteiger partial charge on any atom is -0.346 e. The van der Waals surface area contributed by atoms with Crippen molar-refractivity contribution in [2.75, 3.05) is 0 Å². The summed E-state index contributed by atoms with van der Waals surface area (Å²) in [6, 6.07) is 22.9. The number of nitrogens with zero attached hydrogens (tertiary/aromatic N) is 1. The highest BCUT2D eigenvalue weighted by Crippen LogP contribution is 2.20. The molecule has 0 aromatic heterocycles. The van der Waals surface area contributed by atoms with Gasteiger partial charge in [0.1, 0.15) is 0 Å². The summed E-state index contributed by atoms with van der Waals surface area (Å²) in [7, 11) is 0. The van der Waals surface area contributed by atoms with Crippen LogP contribution in [0.15, 0.2) is 66.7 Å². The van der Waals surface area contributed by atoms with Gasteiger partial charge < -0.3 is 5.32 Å². The third-order valence-corrected chi connectivity index (χ3v) is 3.90. The Hall–Kier alpha value is -3.12. The average Bonchev–Trinajstić information content (AvgIpc) is 2.61. The maximum Gasteiger partial charge on any atom is 0.251 e. The minimum absolute atomic E-state index is 0.0947. The fourth-order valence-corrected chi connectivity index (χ4v) is 2.54. The Morgan fingerprint density at radius 3 is 2.39 bits per heavy atom. The van der Waals surface area contributed by atoms with Crippen molar-refractivity contribution in [3.63, 3.8) is 0 Å². The van der Waals surface area contributed by atoms with Crippen LogP contribution in [-0.4, -0.2) is 5.91 Å². The van der Waals surface area contributed by atoms with Crippen molar-refractivity contribution in [1.82, 2.24) is 5.32 Å². The summed E-state index contributed by atoms with van der Waals surface area (Å²) >= 11 is 0. The quantitative estimate of drug-likeness (QED) is 0.788. The molecule has 112 valence electrons. The molecule has 0 aliphatic heterocycles. The van der Waals surface area contributed by atoms with Crippen LogP contribution in [0.25, 0.3) is 10.8 Å². The molecule has 1 N–H and O–H groups in total. The van der Waals surface area contributed by atoms with Gasteiger partial charge in [0.15, 0.2) is 0 Å². The average molecular weight is 300 g/mol. The molecule has 1 amide bonds. The number of benzene rings is 3.